The lowest BCUT2D eigenvalue weighted by atomic mass is 10.2. The molecule has 0 atom stereocenters. The summed E-state index contributed by atoms with van der Waals surface area (Å²) < 4.78 is 5.11. The van der Waals surface area contributed by atoms with Crippen LogP contribution in [0.15, 0.2) is 24.3 Å². The molecule has 0 bridgehead atoms. The molecule has 114 valence electrons. The zero-order valence-electron chi connectivity index (χ0n) is 13.3. The van der Waals surface area contributed by atoms with Crippen molar-refractivity contribution >= 4 is 16.8 Å². The lowest BCUT2D eigenvalue weighted by Crippen LogP contribution is -2.36. The fraction of sp³-hybridized carbons (Fsp3) is 0.471. The maximum Gasteiger partial charge on any atom is 0.270 e. The Morgan fingerprint density at radius 3 is 2.76 bits per heavy atom. The second-order valence-electron chi connectivity index (χ2n) is 5.91. The zero-order valence-corrected chi connectivity index (χ0v) is 13.3. The molecule has 0 spiro atoms. The third-order valence-electron chi connectivity index (χ3n) is 3.45. The number of amides is 1. The van der Waals surface area contributed by atoms with E-state index in [9.17, 15) is 4.79 Å². The first-order valence-corrected chi connectivity index (χ1v) is 7.39. The summed E-state index contributed by atoms with van der Waals surface area (Å²) in [6.07, 6.45) is 0. The smallest absolute Gasteiger partial charge is 0.270 e. The van der Waals surface area contributed by atoms with Crippen molar-refractivity contribution in [3.63, 3.8) is 0 Å². The van der Waals surface area contributed by atoms with Crippen LogP contribution in [0.1, 0.15) is 29.9 Å². The monoisotopic (exact) mass is 288 g/mol. The fourth-order valence-corrected chi connectivity index (χ4v) is 2.44. The second kappa shape index (κ2) is 6.76. The molecule has 0 saturated heterocycles. The Bertz CT molecular complexity index is 616. The van der Waals surface area contributed by atoms with E-state index in [0.717, 1.165) is 17.4 Å². The summed E-state index contributed by atoms with van der Waals surface area (Å²) in [4.78, 5) is 17.8. The first-order valence-electron chi connectivity index (χ1n) is 7.39. The number of methoxy groups -OCH3 is 1. The number of benzene rings is 1. The van der Waals surface area contributed by atoms with Crippen LogP contribution in [0.4, 0.5) is 0 Å². The van der Waals surface area contributed by atoms with E-state index in [2.05, 4.69) is 31.0 Å². The van der Waals surface area contributed by atoms with Gasteiger partial charge in [-0.05, 0) is 30.5 Å². The third kappa shape index (κ3) is 3.85. The molecule has 1 heterocycles. The molecule has 2 aromatic rings. The van der Waals surface area contributed by atoms with Crippen molar-refractivity contribution in [2.75, 3.05) is 26.8 Å². The molecule has 1 amide bonds. The first-order chi connectivity index (χ1) is 10.0. The van der Waals surface area contributed by atoms with Gasteiger partial charge in [0.1, 0.15) is 5.69 Å². The largest absolute Gasteiger partial charge is 0.383 e. The topological polar surface area (TPSA) is 45.3 Å². The van der Waals surface area contributed by atoms with Crippen molar-refractivity contribution in [3.8, 4) is 0 Å². The molecule has 0 aliphatic carbocycles. The Kier molecular flexibility index (Phi) is 5.02. The Morgan fingerprint density at radius 1 is 1.33 bits per heavy atom. The summed E-state index contributed by atoms with van der Waals surface area (Å²) in [6, 6.07) is 8.09. The van der Waals surface area contributed by atoms with Gasteiger partial charge in [0.2, 0.25) is 0 Å². The van der Waals surface area contributed by atoms with Crippen molar-refractivity contribution in [1.29, 1.82) is 0 Å². The highest BCUT2D eigenvalue weighted by Crippen LogP contribution is 2.18. The molecule has 1 aromatic carbocycles. The van der Waals surface area contributed by atoms with E-state index < -0.39 is 0 Å². The van der Waals surface area contributed by atoms with Crippen LogP contribution in [0.3, 0.4) is 0 Å². The van der Waals surface area contributed by atoms with E-state index in [1.165, 1.54) is 5.56 Å². The van der Waals surface area contributed by atoms with Crippen molar-refractivity contribution in [3.05, 3.63) is 35.5 Å². The van der Waals surface area contributed by atoms with E-state index in [1.807, 2.05) is 24.0 Å². The Labute approximate surface area is 126 Å². The molecule has 1 N–H and O–H groups in total. The van der Waals surface area contributed by atoms with Gasteiger partial charge in [0, 0.05) is 31.1 Å². The lowest BCUT2D eigenvalue weighted by Gasteiger charge is -2.23. The molecular weight excluding hydrogens is 264 g/mol. The highest BCUT2D eigenvalue weighted by Gasteiger charge is 2.18. The van der Waals surface area contributed by atoms with Gasteiger partial charge in [-0.2, -0.15) is 0 Å². The first kappa shape index (κ1) is 15.6. The number of nitrogens with one attached hydrogen (secondary N) is 1. The molecule has 0 unspecified atom stereocenters. The normalized spacial score (nSPS) is 11.3. The molecule has 4 heteroatoms. The number of aromatic amines is 1. The SMILES string of the molecule is COCCN(CC(C)C)C(=O)c1cc2ccc(C)cc2[nH]1. The molecule has 0 radical (unpaired) electrons. The van der Waals surface area contributed by atoms with Gasteiger partial charge in [-0.1, -0.05) is 26.0 Å². The predicted octanol–water partition coefficient (Wildman–Crippen LogP) is 3.22. The number of carbonyl (C=O) groups excluding carboxylic acids is 1. The highest BCUT2D eigenvalue weighted by molar-refractivity contribution is 5.98. The number of ether oxygens (including phenoxy) is 1. The van der Waals surface area contributed by atoms with Gasteiger partial charge in [-0.25, -0.2) is 0 Å². The fourth-order valence-electron chi connectivity index (χ4n) is 2.44. The minimum absolute atomic E-state index is 0.0367. The average Bonchev–Trinajstić information content (AvgIpc) is 2.85. The molecule has 0 fully saturated rings. The van der Waals surface area contributed by atoms with Crippen LogP contribution in [0.2, 0.25) is 0 Å². The van der Waals surface area contributed by atoms with Gasteiger partial charge < -0.3 is 14.6 Å². The summed E-state index contributed by atoms with van der Waals surface area (Å²) in [6.45, 7) is 8.17. The predicted molar refractivity (Wildman–Crippen MR) is 85.7 cm³/mol. The number of H-pyrrole nitrogens is 1. The zero-order chi connectivity index (χ0) is 15.4. The van der Waals surface area contributed by atoms with Gasteiger partial charge in [0.15, 0.2) is 0 Å². The molecule has 0 saturated carbocycles. The average molecular weight is 288 g/mol. The van der Waals surface area contributed by atoms with E-state index in [0.29, 0.717) is 24.8 Å². The van der Waals surface area contributed by atoms with Crippen LogP contribution in [0.25, 0.3) is 10.9 Å². The van der Waals surface area contributed by atoms with Crippen LogP contribution < -0.4 is 0 Å². The molecule has 0 aliphatic heterocycles. The number of nitrogens with zero attached hydrogens (tertiary/aromatic N) is 1. The molecular formula is C17H24N2O2. The standard InChI is InChI=1S/C17H24N2O2/c1-12(2)11-19(7-8-21-4)17(20)16-10-14-6-5-13(3)9-15(14)18-16/h5-6,9-10,12,18H,7-8,11H2,1-4H3. The Balaban J connectivity index is 2.24. The maximum absolute atomic E-state index is 12.7. The molecule has 2 rings (SSSR count). The summed E-state index contributed by atoms with van der Waals surface area (Å²) in [5.74, 6) is 0.465. The number of aryl methyl sites for hydroxylation is 1. The second-order valence-corrected chi connectivity index (χ2v) is 5.91. The van der Waals surface area contributed by atoms with Crippen LogP contribution >= 0.6 is 0 Å². The molecule has 0 aliphatic rings. The van der Waals surface area contributed by atoms with Crippen molar-refractivity contribution in [2.24, 2.45) is 5.92 Å². The van der Waals surface area contributed by atoms with Crippen molar-refractivity contribution in [2.45, 2.75) is 20.8 Å². The Hall–Kier alpha value is -1.81. The van der Waals surface area contributed by atoms with Crippen LogP contribution in [-0.4, -0.2) is 42.6 Å². The summed E-state index contributed by atoms with van der Waals surface area (Å²) in [5.41, 5.74) is 2.84. The Morgan fingerprint density at radius 2 is 2.10 bits per heavy atom. The minimum atomic E-state index is 0.0367. The van der Waals surface area contributed by atoms with Crippen molar-refractivity contribution in [1.82, 2.24) is 9.88 Å². The van der Waals surface area contributed by atoms with E-state index >= 15 is 0 Å². The van der Waals surface area contributed by atoms with Gasteiger partial charge in [0.25, 0.3) is 5.91 Å². The van der Waals surface area contributed by atoms with Crippen LogP contribution in [0.5, 0.6) is 0 Å². The van der Waals surface area contributed by atoms with Crippen molar-refractivity contribution < 1.29 is 9.53 Å². The van der Waals surface area contributed by atoms with Gasteiger partial charge in [-0.15, -0.1) is 0 Å². The number of fused-ring (bicyclic) bond motifs is 1. The summed E-state index contributed by atoms with van der Waals surface area (Å²) in [7, 11) is 1.66. The lowest BCUT2D eigenvalue weighted by molar-refractivity contribution is 0.0667. The van der Waals surface area contributed by atoms with Gasteiger partial charge >= 0.3 is 0 Å². The van der Waals surface area contributed by atoms with Crippen LogP contribution in [-0.2, 0) is 4.74 Å². The minimum Gasteiger partial charge on any atom is -0.383 e. The third-order valence-corrected chi connectivity index (χ3v) is 3.45. The van der Waals surface area contributed by atoms with E-state index in [4.69, 9.17) is 4.74 Å². The van der Waals surface area contributed by atoms with E-state index in [1.54, 1.807) is 7.11 Å². The molecule has 1 aromatic heterocycles. The van der Waals surface area contributed by atoms with Gasteiger partial charge in [0.05, 0.1) is 6.61 Å². The summed E-state index contributed by atoms with van der Waals surface area (Å²) >= 11 is 0. The number of rotatable bonds is 6. The van der Waals surface area contributed by atoms with E-state index in [-0.39, 0.29) is 5.91 Å². The molecule has 4 nitrogen and oxygen atoms in total. The van der Waals surface area contributed by atoms with Crippen LogP contribution in [0, 0.1) is 12.8 Å². The molecule has 21 heavy (non-hydrogen) atoms. The number of carbonyl (C=O) groups is 1. The highest BCUT2D eigenvalue weighted by atomic mass is 16.5. The number of hydrogen-bond donors (Lipinski definition) is 1. The number of hydrogen-bond acceptors (Lipinski definition) is 2. The summed E-state index contributed by atoms with van der Waals surface area (Å²) in [5, 5.41) is 1.07. The quantitative estimate of drug-likeness (QED) is 0.887. The van der Waals surface area contributed by atoms with Gasteiger partial charge in [-0.3, -0.25) is 4.79 Å². The number of aromatic nitrogens is 1. The maximum atomic E-state index is 12.7.